The van der Waals surface area contributed by atoms with Crippen molar-refractivity contribution in [2.75, 3.05) is 32.8 Å². The summed E-state index contributed by atoms with van der Waals surface area (Å²) >= 11 is 3.25. The van der Waals surface area contributed by atoms with Gasteiger partial charge in [0.25, 0.3) is 0 Å². The molecule has 7 heteroatoms. The van der Waals surface area contributed by atoms with Crippen molar-refractivity contribution < 1.29 is 9.13 Å². The molecule has 118 valence electrons. The van der Waals surface area contributed by atoms with E-state index in [0.717, 1.165) is 24.0 Å². The summed E-state index contributed by atoms with van der Waals surface area (Å²) in [6, 6.07) is 5.14. The van der Waals surface area contributed by atoms with Crippen molar-refractivity contribution in [3.8, 4) is 0 Å². The molecule has 0 atom stereocenters. The van der Waals surface area contributed by atoms with Crippen LogP contribution in [0, 0.1) is 5.82 Å². The highest BCUT2D eigenvalue weighted by molar-refractivity contribution is 14.0. The van der Waals surface area contributed by atoms with E-state index in [0.29, 0.717) is 37.7 Å². The van der Waals surface area contributed by atoms with Gasteiger partial charge in [-0.15, -0.1) is 24.0 Å². The quantitative estimate of drug-likeness (QED) is 0.318. The third kappa shape index (κ3) is 6.07. The Morgan fingerprint density at radius 1 is 1.38 bits per heavy atom. The van der Waals surface area contributed by atoms with Gasteiger partial charge in [0.05, 0.1) is 13.2 Å². The summed E-state index contributed by atoms with van der Waals surface area (Å²) in [5.41, 5.74) is 6.63. The van der Waals surface area contributed by atoms with Crippen LogP contribution in [0.15, 0.2) is 27.7 Å². The summed E-state index contributed by atoms with van der Waals surface area (Å²) in [6.07, 6.45) is 1.45. The Morgan fingerprint density at radius 2 is 2.10 bits per heavy atom. The van der Waals surface area contributed by atoms with Crippen LogP contribution in [0.5, 0.6) is 0 Å². The van der Waals surface area contributed by atoms with E-state index in [4.69, 9.17) is 10.5 Å². The van der Waals surface area contributed by atoms with E-state index in [1.54, 1.807) is 6.07 Å². The van der Waals surface area contributed by atoms with Crippen LogP contribution < -0.4 is 5.73 Å². The zero-order chi connectivity index (χ0) is 14.4. The highest BCUT2D eigenvalue weighted by Crippen LogP contribution is 2.16. The Hall–Kier alpha value is -0.410. The molecule has 1 aliphatic heterocycles. The fourth-order valence-corrected chi connectivity index (χ4v) is 2.41. The second-order valence-corrected chi connectivity index (χ2v) is 5.59. The largest absolute Gasteiger partial charge is 0.378 e. The van der Waals surface area contributed by atoms with Crippen molar-refractivity contribution in [1.29, 1.82) is 0 Å². The number of ether oxygens (including phenoxy) is 1. The summed E-state index contributed by atoms with van der Waals surface area (Å²) in [7, 11) is 0. The lowest BCUT2D eigenvalue weighted by Gasteiger charge is -2.27. The monoisotopic (exact) mass is 471 g/mol. The summed E-state index contributed by atoms with van der Waals surface area (Å²) in [5, 5.41) is 0. The van der Waals surface area contributed by atoms with Gasteiger partial charge >= 0.3 is 0 Å². The van der Waals surface area contributed by atoms with Gasteiger partial charge in [-0.1, -0.05) is 22.0 Å². The number of rotatable bonds is 4. The number of halogens is 3. The predicted molar refractivity (Wildman–Crippen MR) is 96.7 cm³/mol. The maximum atomic E-state index is 13.6. The molecule has 1 saturated heterocycles. The standard InChI is InChI=1S/C14H19BrFN3O.HI/c15-12-4-3-11(13(16)10-12)2-1-5-18-14(17)19-6-8-20-9-7-19;/h3-4,10H,1-2,5-9H2,(H2,17,18);1H. The number of morpholine rings is 1. The molecule has 0 amide bonds. The first kappa shape index (κ1) is 18.6. The lowest BCUT2D eigenvalue weighted by Crippen LogP contribution is -2.44. The minimum atomic E-state index is -0.176. The minimum Gasteiger partial charge on any atom is -0.378 e. The second kappa shape index (κ2) is 9.58. The molecule has 2 N–H and O–H groups in total. The van der Waals surface area contributed by atoms with Gasteiger partial charge in [-0.2, -0.15) is 0 Å². The van der Waals surface area contributed by atoms with Gasteiger partial charge in [0.15, 0.2) is 5.96 Å². The fourth-order valence-electron chi connectivity index (χ4n) is 2.08. The molecule has 1 fully saturated rings. The van der Waals surface area contributed by atoms with E-state index < -0.39 is 0 Å². The Morgan fingerprint density at radius 3 is 2.76 bits per heavy atom. The van der Waals surface area contributed by atoms with Gasteiger partial charge in [0.2, 0.25) is 0 Å². The molecule has 0 bridgehead atoms. The predicted octanol–water partition coefficient (Wildman–Crippen LogP) is 2.79. The van der Waals surface area contributed by atoms with Crippen LogP contribution in [0.1, 0.15) is 12.0 Å². The van der Waals surface area contributed by atoms with Gasteiger partial charge in [-0.3, -0.25) is 4.99 Å². The summed E-state index contributed by atoms with van der Waals surface area (Å²) in [6.45, 7) is 3.58. The van der Waals surface area contributed by atoms with Crippen molar-refractivity contribution in [3.63, 3.8) is 0 Å². The lowest BCUT2D eigenvalue weighted by atomic mass is 10.1. The molecule has 1 aliphatic rings. The van der Waals surface area contributed by atoms with E-state index in [1.807, 2.05) is 11.0 Å². The van der Waals surface area contributed by atoms with Crippen LogP contribution in [0.4, 0.5) is 4.39 Å². The van der Waals surface area contributed by atoms with E-state index in [2.05, 4.69) is 20.9 Å². The third-order valence-electron chi connectivity index (χ3n) is 3.23. The average molecular weight is 472 g/mol. The first-order chi connectivity index (χ1) is 9.66. The van der Waals surface area contributed by atoms with Crippen molar-refractivity contribution in [3.05, 3.63) is 34.1 Å². The number of aryl methyl sites for hydroxylation is 1. The smallest absolute Gasteiger partial charge is 0.191 e. The fraction of sp³-hybridized carbons (Fsp3) is 0.500. The molecular formula is C14H20BrFIN3O. The molecule has 1 aromatic rings. The zero-order valence-corrected chi connectivity index (χ0v) is 15.6. The molecule has 0 aliphatic carbocycles. The molecule has 1 aromatic carbocycles. The molecule has 0 unspecified atom stereocenters. The van der Waals surface area contributed by atoms with Gasteiger partial charge < -0.3 is 15.4 Å². The van der Waals surface area contributed by atoms with Gasteiger partial charge in [0, 0.05) is 24.1 Å². The van der Waals surface area contributed by atoms with Crippen molar-refractivity contribution in [2.45, 2.75) is 12.8 Å². The summed E-state index contributed by atoms with van der Waals surface area (Å²) in [4.78, 5) is 6.36. The van der Waals surface area contributed by atoms with Crippen LogP contribution in [-0.4, -0.2) is 43.7 Å². The van der Waals surface area contributed by atoms with Crippen LogP contribution in [0.3, 0.4) is 0 Å². The molecule has 0 spiro atoms. The van der Waals surface area contributed by atoms with Gasteiger partial charge in [-0.25, -0.2) is 4.39 Å². The number of hydrogen-bond acceptors (Lipinski definition) is 2. The summed E-state index contributed by atoms with van der Waals surface area (Å²) in [5.74, 6) is 0.383. The maximum Gasteiger partial charge on any atom is 0.191 e. The highest BCUT2D eigenvalue weighted by atomic mass is 127. The normalized spacial score (nSPS) is 15.7. The first-order valence-corrected chi connectivity index (χ1v) is 7.52. The summed E-state index contributed by atoms with van der Waals surface area (Å²) < 4.78 is 19.6. The Labute approximate surface area is 150 Å². The second-order valence-electron chi connectivity index (χ2n) is 4.68. The number of aliphatic imine (C=N–C) groups is 1. The van der Waals surface area contributed by atoms with Crippen LogP contribution in [0.25, 0.3) is 0 Å². The van der Waals surface area contributed by atoms with E-state index >= 15 is 0 Å². The zero-order valence-electron chi connectivity index (χ0n) is 11.7. The molecule has 0 radical (unpaired) electrons. The molecule has 21 heavy (non-hydrogen) atoms. The van der Waals surface area contributed by atoms with Gasteiger partial charge in [0.1, 0.15) is 5.82 Å². The number of hydrogen-bond donors (Lipinski definition) is 1. The molecule has 2 rings (SSSR count). The van der Waals surface area contributed by atoms with Gasteiger partial charge in [-0.05, 0) is 30.5 Å². The molecule has 1 heterocycles. The van der Waals surface area contributed by atoms with Crippen molar-refractivity contribution >= 4 is 45.9 Å². The molecule has 0 saturated carbocycles. The number of nitrogens with zero attached hydrogens (tertiary/aromatic N) is 2. The van der Waals surface area contributed by atoms with E-state index in [1.165, 1.54) is 6.07 Å². The molecular weight excluding hydrogens is 452 g/mol. The van der Waals surface area contributed by atoms with E-state index in [-0.39, 0.29) is 29.8 Å². The first-order valence-electron chi connectivity index (χ1n) is 6.73. The average Bonchev–Trinajstić information content (AvgIpc) is 2.46. The Kier molecular flexibility index (Phi) is 8.50. The SMILES string of the molecule is I.NC(=NCCCc1ccc(Br)cc1F)N1CCOCC1. The number of nitrogens with two attached hydrogens (primary N) is 1. The Bertz CT molecular complexity index is 481. The van der Waals surface area contributed by atoms with E-state index in [9.17, 15) is 4.39 Å². The van der Waals surface area contributed by atoms with Crippen LogP contribution in [0.2, 0.25) is 0 Å². The maximum absolute atomic E-state index is 13.6. The lowest BCUT2D eigenvalue weighted by molar-refractivity contribution is 0.0674. The molecule has 0 aromatic heterocycles. The highest BCUT2D eigenvalue weighted by Gasteiger charge is 2.11. The van der Waals surface area contributed by atoms with Crippen LogP contribution in [-0.2, 0) is 11.2 Å². The van der Waals surface area contributed by atoms with Crippen molar-refractivity contribution in [1.82, 2.24) is 4.90 Å². The van der Waals surface area contributed by atoms with Crippen molar-refractivity contribution in [2.24, 2.45) is 10.7 Å². The Balaban J connectivity index is 0.00000220. The number of benzene rings is 1. The minimum absolute atomic E-state index is 0. The number of guanidine groups is 1. The third-order valence-corrected chi connectivity index (χ3v) is 3.72. The van der Waals surface area contributed by atoms with Crippen LogP contribution >= 0.6 is 39.9 Å². The topological polar surface area (TPSA) is 50.8 Å². The molecule has 4 nitrogen and oxygen atoms in total.